The fourth-order valence-electron chi connectivity index (χ4n) is 4.55. The largest absolute Gasteiger partial charge is 0.0795 e. The molecule has 0 fully saturated rings. The average Bonchev–Trinajstić information content (AvgIpc) is 3.23. The van der Waals surface area contributed by atoms with E-state index in [1.807, 2.05) is 0 Å². The molecule has 0 heteroatoms. The molecular weight excluding hydrogens is 324 g/mol. The molecule has 0 unspecified atom stereocenters. The van der Waals surface area contributed by atoms with Gasteiger partial charge in [-0.05, 0) is 75.2 Å². The van der Waals surface area contributed by atoms with Crippen LogP contribution in [-0.2, 0) is 19.3 Å². The molecule has 6 rings (SSSR count). The lowest BCUT2D eigenvalue weighted by Crippen LogP contribution is -2.19. The molecule has 0 aromatic heterocycles. The second-order valence-corrected chi connectivity index (χ2v) is 7.56. The summed E-state index contributed by atoms with van der Waals surface area (Å²) in [6.45, 7) is 0. The highest BCUT2D eigenvalue weighted by molar-refractivity contribution is 5.59. The van der Waals surface area contributed by atoms with Crippen molar-refractivity contribution in [2.24, 2.45) is 0 Å². The van der Waals surface area contributed by atoms with E-state index in [1.54, 1.807) is 11.1 Å². The Hall–Kier alpha value is -2.86. The van der Waals surface area contributed by atoms with Crippen molar-refractivity contribution in [3.05, 3.63) is 110 Å². The van der Waals surface area contributed by atoms with E-state index >= 15 is 0 Å². The lowest BCUT2D eigenvalue weighted by atomic mass is 9.89. The number of hydrogen-bond acceptors (Lipinski definition) is 0. The molecule has 0 spiro atoms. The highest BCUT2D eigenvalue weighted by atomic mass is 14.1. The first-order chi connectivity index (χ1) is 13.4. The number of hydrogen-bond donors (Lipinski definition) is 0. The van der Waals surface area contributed by atoms with Gasteiger partial charge in [0.2, 0.25) is 0 Å². The Morgan fingerprint density at radius 3 is 2.48 bits per heavy atom. The summed E-state index contributed by atoms with van der Waals surface area (Å²) in [5, 5.41) is 5.74. The van der Waals surface area contributed by atoms with Gasteiger partial charge >= 0.3 is 0 Å². The van der Waals surface area contributed by atoms with Crippen LogP contribution in [0.1, 0.15) is 35.1 Å². The molecule has 0 saturated heterocycles. The third kappa shape index (κ3) is 3.06. The average molecular weight is 348 g/mol. The van der Waals surface area contributed by atoms with Crippen molar-refractivity contribution in [2.45, 2.75) is 32.1 Å². The molecule has 0 bridgehead atoms. The van der Waals surface area contributed by atoms with E-state index in [0.717, 1.165) is 12.8 Å². The lowest BCUT2D eigenvalue weighted by Gasteiger charge is -2.16. The number of rotatable bonds is 0. The minimum absolute atomic E-state index is 1.10. The minimum Gasteiger partial charge on any atom is -0.0795 e. The van der Waals surface area contributed by atoms with Gasteiger partial charge in [0.25, 0.3) is 0 Å². The fourth-order valence-corrected chi connectivity index (χ4v) is 4.55. The molecule has 132 valence electrons. The van der Waals surface area contributed by atoms with Crippen LogP contribution in [0.2, 0.25) is 0 Å². The molecule has 0 heterocycles. The minimum atomic E-state index is 1.10. The Morgan fingerprint density at radius 2 is 1.52 bits per heavy atom. The van der Waals surface area contributed by atoms with Crippen LogP contribution < -0.4 is 10.4 Å². The van der Waals surface area contributed by atoms with Crippen LogP contribution >= 0.6 is 0 Å². The highest BCUT2D eigenvalue weighted by Crippen LogP contribution is 2.18. The Kier molecular flexibility index (Phi) is 4.26. The molecule has 0 atom stereocenters. The van der Waals surface area contributed by atoms with Crippen molar-refractivity contribution in [3.8, 4) is 0 Å². The maximum absolute atomic E-state index is 2.40. The third-order valence-electron chi connectivity index (χ3n) is 5.93. The zero-order valence-corrected chi connectivity index (χ0v) is 15.6. The normalized spacial score (nSPS) is 15.1. The zero-order valence-electron chi connectivity index (χ0n) is 15.6. The Labute approximate surface area is 160 Å². The third-order valence-corrected chi connectivity index (χ3v) is 5.93. The Bertz CT molecular complexity index is 1240. The van der Waals surface area contributed by atoms with Gasteiger partial charge in [0.1, 0.15) is 0 Å². The first-order valence-corrected chi connectivity index (χ1v) is 10.1. The first-order valence-electron chi connectivity index (χ1n) is 10.1. The Balaban J connectivity index is 0.000000149. The van der Waals surface area contributed by atoms with Crippen LogP contribution in [0.15, 0.2) is 66.7 Å². The SMILES string of the molecule is C1=Cc2ccccc2C1.C1=c2ccc3c(c2CCC1)CC=c1ccccc1=3. The summed E-state index contributed by atoms with van der Waals surface area (Å²) in [7, 11) is 0. The van der Waals surface area contributed by atoms with Gasteiger partial charge in [0.15, 0.2) is 0 Å². The van der Waals surface area contributed by atoms with E-state index in [4.69, 9.17) is 0 Å². The predicted octanol–water partition coefficient (Wildman–Crippen LogP) is 4.68. The molecule has 3 aliphatic carbocycles. The smallest absolute Gasteiger partial charge is 0.00791 e. The summed E-state index contributed by atoms with van der Waals surface area (Å²) >= 11 is 0. The summed E-state index contributed by atoms with van der Waals surface area (Å²) in [6.07, 6.45) is 15.2. The number of allylic oxidation sites excluding steroid dienone is 1. The molecule has 27 heavy (non-hydrogen) atoms. The molecule has 0 N–H and O–H groups in total. The molecule has 0 saturated carbocycles. The summed E-state index contributed by atoms with van der Waals surface area (Å²) in [4.78, 5) is 0. The van der Waals surface area contributed by atoms with Gasteiger partial charge < -0.3 is 0 Å². The van der Waals surface area contributed by atoms with Crippen molar-refractivity contribution >= 4 is 18.2 Å². The molecule has 3 aromatic carbocycles. The van der Waals surface area contributed by atoms with Crippen LogP contribution in [0.25, 0.3) is 18.2 Å². The topological polar surface area (TPSA) is 0 Å². The van der Waals surface area contributed by atoms with Gasteiger partial charge in [-0.1, -0.05) is 85.0 Å². The molecular formula is C27H24. The van der Waals surface area contributed by atoms with Crippen molar-refractivity contribution < 1.29 is 0 Å². The second-order valence-electron chi connectivity index (χ2n) is 7.56. The standard InChI is InChI=1S/C18H16.C9H8/c1-3-7-15-13(5-1)9-11-18-16-8-4-2-6-14(16)10-12-17(15)18;1-2-5-9-7-3-6-8(9)4-1/h1,3,5-7,9-10,12H,2,4,8,11H2;1-6H,7H2. The van der Waals surface area contributed by atoms with Gasteiger partial charge in [-0.3, -0.25) is 0 Å². The van der Waals surface area contributed by atoms with E-state index in [2.05, 4.69) is 85.0 Å². The van der Waals surface area contributed by atoms with Gasteiger partial charge in [0, 0.05) is 0 Å². The Morgan fingerprint density at radius 1 is 0.630 bits per heavy atom. The van der Waals surface area contributed by atoms with E-state index in [9.17, 15) is 0 Å². The van der Waals surface area contributed by atoms with Crippen LogP contribution in [-0.4, -0.2) is 0 Å². The molecule has 0 amide bonds. The molecule has 3 aliphatic rings. The zero-order chi connectivity index (χ0) is 18.1. The summed E-state index contributed by atoms with van der Waals surface area (Å²) in [5.74, 6) is 0. The van der Waals surface area contributed by atoms with E-state index in [1.165, 1.54) is 51.3 Å². The predicted molar refractivity (Wildman–Crippen MR) is 115 cm³/mol. The maximum Gasteiger partial charge on any atom is -0.00791 e. The maximum atomic E-state index is 2.40. The fraction of sp³-hybridized carbons (Fsp3) is 0.185. The molecule has 0 aliphatic heterocycles. The second kappa shape index (κ2) is 7.04. The highest BCUT2D eigenvalue weighted by Gasteiger charge is 2.10. The van der Waals surface area contributed by atoms with Gasteiger partial charge in [-0.25, -0.2) is 0 Å². The summed E-state index contributed by atoms with van der Waals surface area (Å²) in [6, 6.07) is 21.9. The van der Waals surface area contributed by atoms with Gasteiger partial charge in [-0.2, -0.15) is 0 Å². The number of benzene rings is 3. The van der Waals surface area contributed by atoms with Crippen LogP contribution in [0, 0.1) is 10.4 Å². The van der Waals surface area contributed by atoms with E-state index < -0.39 is 0 Å². The summed E-state index contributed by atoms with van der Waals surface area (Å²) < 4.78 is 0. The molecule has 3 aromatic rings. The van der Waals surface area contributed by atoms with Crippen molar-refractivity contribution in [2.75, 3.05) is 0 Å². The van der Waals surface area contributed by atoms with Crippen LogP contribution in [0.5, 0.6) is 0 Å². The molecule has 0 radical (unpaired) electrons. The van der Waals surface area contributed by atoms with Gasteiger partial charge in [-0.15, -0.1) is 0 Å². The monoisotopic (exact) mass is 348 g/mol. The first kappa shape index (κ1) is 16.3. The van der Waals surface area contributed by atoms with E-state index in [-0.39, 0.29) is 0 Å². The quantitative estimate of drug-likeness (QED) is 0.553. The summed E-state index contributed by atoms with van der Waals surface area (Å²) in [5.41, 5.74) is 6.02. The van der Waals surface area contributed by atoms with Gasteiger partial charge in [0.05, 0.1) is 0 Å². The van der Waals surface area contributed by atoms with Crippen molar-refractivity contribution in [3.63, 3.8) is 0 Å². The van der Waals surface area contributed by atoms with Crippen LogP contribution in [0.3, 0.4) is 0 Å². The van der Waals surface area contributed by atoms with Crippen molar-refractivity contribution in [1.82, 2.24) is 0 Å². The number of fused-ring (bicyclic) bond motifs is 5. The van der Waals surface area contributed by atoms with Crippen molar-refractivity contribution in [1.29, 1.82) is 0 Å². The lowest BCUT2D eigenvalue weighted by molar-refractivity contribution is 0.824. The van der Waals surface area contributed by atoms with E-state index in [0.29, 0.717) is 0 Å². The van der Waals surface area contributed by atoms with Crippen LogP contribution in [0.4, 0.5) is 0 Å². The molecule has 0 nitrogen and oxygen atoms in total.